The largest absolute Gasteiger partial charge is 0.490 e. The Morgan fingerprint density at radius 3 is 2.94 bits per heavy atom. The van der Waals surface area contributed by atoms with Crippen LogP contribution in [-0.4, -0.2) is 36.1 Å². The summed E-state index contributed by atoms with van der Waals surface area (Å²) < 4.78 is 5.10. The molecule has 7 heteroatoms. The molecular formula is C11H15ClN4O2. The second-order valence-electron chi connectivity index (χ2n) is 4.04. The summed E-state index contributed by atoms with van der Waals surface area (Å²) in [7, 11) is 1.50. The van der Waals surface area contributed by atoms with Crippen molar-refractivity contribution in [3.63, 3.8) is 0 Å². The monoisotopic (exact) mass is 270 g/mol. The summed E-state index contributed by atoms with van der Waals surface area (Å²) in [5.74, 6) is 1.29. The molecule has 1 heterocycles. The van der Waals surface area contributed by atoms with Crippen molar-refractivity contribution in [2.45, 2.75) is 12.8 Å². The Morgan fingerprint density at radius 1 is 1.50 bits per heavy atom. The van der Waals surface area contributed by atoms with E-state index in [1.54, 1.807) is 0 Å². The van der Waals surface area contributed by atoms with Gasteiger partial charge in [-0.05, 0) is 12.8 Å². The highest BCUT2D eigenvalue weighted by Gasteiger charge is 2.28. The number of hydrogen-bond acceptors (Lipinski definition) is 5. The first-order valence-electron chi connectivity index (χ1n) is 5.78. The van der Waals surface area contributed by atoms with Crippen LogP contribution in [0, 0.1) is 5.92 Å². The Balaban J connectivity index is 1.79. The van der Waals surface area contributed by atoms with Crippen LogP contribution >= 0.6 is 11.6 Å². The lowest BCUT2D eigenvalue weighted by atomic mass is 10.4. The Morgan fingerprint density at radius 2 is 2.28 bits per heavy atom. The van der Waals surface area contributed by atoms with Gasteiger partial charge in [0.1, 0.15) is 6.33 Å². The van der Waals surface area contributed by atoms with E-state index in [1.807, 2.05) is 0 Å². The van der Waals surface area contributed by atoms with Gasteiger partial charge in [0.25, 0.3) is 0 Å². The van der Waals surface area contributed by atoms with E-state index < -0.39 is 0 Å². The molecule has 1 fully saturated rings. The first kappa shape index (κ1) is 12.9. The van der Waals surface area contributed by atoms with E-state index in [2.05, 4.69) is 20.6 Å². The third kappa shape index (κ3) is 3.22. The van der Waals surface area contributed by atoms with Crippen LogP contribution in [0.1, 0.15) is 12.8 Å². The minimum absolute atomic E-state index is 0.129. The minimum atomic E-state index is 0.129. The molecule has 98 valence electrons. The summed E-state index contributed by atoms with van der Waals surface area (Å²) in [5, 5.41) is 6.15. The van der Waals surface area contributed by atoms with Crippen LogP contribution in [0.4, 0.5) is 5.82 Å². The lowest BCUT2D eigenvalue weighted by Crippen LogP contribution is -2.30. The number of nitrogens with zero attached hydrogens (tertiary/aromatic N) is 2. The van der Waals surface area contributed by atoms with Crippen molar-refractivity contribution in [1.82, 2.24) is 15.3 Å². The Kier molecular flexibility index (Phi) is 4.19. The van der Waals surface area contributed by atoms with E-state index in [-0.39, 0.29) is 17.0 Å². The third-order valence-electron chi connectivity index (χ3n) is 2.63. The molecule has 1 aliphatic rings. The molecule has 0 aromatic carbocycles. The van der Waals surface area contributed by atoms with Gasteiger partial charge in [-0.2, -0.15) is 0 Å². The first-order chi connectivity index (χ1) is 8.72. The zero-order valence-electron chi connectivity index (χ0n) is 10.1. The summed E-state index contributed by atoms with van der Waals surface area (Å²) in [6.45, 7) is 1.10. The van der Waals surface area contributed by atoms with Gasteiger partial charge < -0.3 is 15.4 Å². The molecule has 0 aliphatic heterocycles. The lowest BCUT2D eigenvalue weighted by molar-refractivity contribution is -0.122. The van der Waals surface area contributed by atoms with Crippen molar-refractivity contribution < 1.29 is 9.53 Å². The highest BCUT2D eigenvalue weighted by atomic mass is 35.5. The molecule has 0 bridgehead atoms. The number of carbonyl (C=O) groups is 1. The average molecular weight is 271 g/mol. The van der Waals surface area contributed by atoms with Crippen LogP contribution in [0.2, 0.25) is 5.15 Å². The second-order valence-corrected chi connectivity index (χ2v) is 4.40. The fourth-order valence-corrected chi connectivity index (χ4v) is 1.73. The molecule has 1 amide bonds. The molecule has 1 aromatic heterocycles. The van der Waals surface area contributed by atoms with E-state index in [0.29, 0.717) is 24.7 Å². The fraction of sp³-hybridized carbons (Fsp3) is 0.545. The average Bonchev–Trinajstić information content (AvgIpc) is 3.18. The second kappa shape index (κ2) is 5.86. The Hall–Kier alpha value is -1.56. The van der Waals surface area contributed by atoms with Crippen molar-refractivity contribution in [3.8, 4) is 5.75 Å². The van der Waals surface area contributed by atoms with E-state index in [0.717, 1.165) is 12.8 Å². The first-order valence-corrected chi connectivity index (χ1v) is 6.16. The normalized spacial score (nSPS) is 14.1. The van der Waals surface area contributed by atoms with Crippen LogP contribution in [0.5, 0.6) is 5.75 Å². The van der Waals surface area contributed by atoms with Gasteiger partial charge in [0.05, 0.1) is 7.11 Å². The highest BCUT2D eigenvalue weighted by Crippen LogP contribution is 2.29. The molecule has 0 radical (unpaired) electrons. The number of nitrogens with one attached hydrogen (secondary N) is 2. The zero-order valence-corrected chi connectivity index (χ0v) is 10.8. The quantitative estimate of drug-likeness (QED) is 0.597. The standard InChI is InChI=1S/C11H15ClN4O2/c1-18-8-9(12)15-6-16-10(8)13-4-5-14-11(17)7-2-3-7/h6-7H,2-5H2,1H3,(H,14,17)(H,13,15,16). The van der Waals surface area contributed by atoms with Crippen LogP contribution in [0.25, 0.3) is 0 Å². The molecule has 1 aromatic rings. The molecule has 1 saturated carbocycles. The minimum Gasteiger partial charge on any atom is -0.490 e. The van der Waals surface area contributed by atoms with Gasteiger partial charge in [-0.25, -0.2) is 9.97 Å². The molecule has 1 aliphatic carbocycles. The topological polar surface area (TPSA) is 76.1 Å². The predicted octanol–water partition coefficient (Wildman–Crippen LogP) is 1.08. The fourth-order valence-electron chi connectivity index (χ4n) is 1.52. The number of amides is 1. The van der Waals surface area contributed by atoms with E-state index in [4.69, 9.17) is 16.3 Å². The maximum atomic E-state index is 11.4. The maximum absolute atomic E-state index is 11.4. The molecule has 6 nitrogen and oxygen atoms in total. The van der Waals surface area contributed by atoms with Crippen molar-refractivity contribution in [1.29, 1.82) is 0 Å². The van der Waals surface area contributed by atoms with E-state index in [1.165, 1.54) is 13.4 Å². The smallest absolute Gasteiger partial charge is 0.223 e. The molecule has 18 heavy (non-hydrogen) atoms. The summed E-state index contributed by atoms with van der Waals surface area (Å²) >= 11 is 5.86. The molecular weight excluding hydrogens is 256 g/mol. The molecule has 0 saturated heterocycles. The predicted molar refractivity (Wildman–Crippen MR) is 67.8 cm³/mol. The third-order valence-corrected chi connectivity index (χ3v) is 2.90. The number of aromatic nitrogens is 2. The van der Waals surface area contributed by atoms with Crippen molar-refractivity contribution in [2.75, 3.05) is 25.5 Å². The number of hydrogen-bond donors (Lipinski definition) is 2. The lowest BCUT2D eigenvalue weighted by Gasteiger charge is -2.10. The number of methoxy groups -OCH3 is 1. The zero-order chi connectivity index (χ0) is 13.0. The molecule has 2 rings (SSSR count). The molecule has 0 unspecified atom stereocenters. The van der Waals surface area contributed by atoms with Gasteiger partial charge in [0.2, 0.25) is 5.91 Å². The van der Waals surface area contributed by atoms with Gasteiger partial charge in [-0.3, -0.25) is 4.79 Å². The van der Waals surface area contributed by atoms with Crippen LogP contribution in [0.3, 0.4) is 0 Å². The van der Waals surface area contributed by atoms with E-state index >= 15 is 0 Å². The Labute approximate surface area is 110 Å². The number of carbonyl (C=O) groups excluding carboxylic acids is 1. The summed E-state index contributed by atoms with van der Waals surface area (Å²) in [5.41, 5.74) is 0. The van der Waals surface area contributed by atoms with Crippen molar-refractivity contribution in [2.24, 2.45) is 5.92 Å². The van der Waals surface area contributed by atoms with Crippen molar-refractivity contribution >= 4 is 23.3 Å². The SMILES string of the molecule is COc1c(Cl)ncnc1NCCNC(=O)C1CC1. The molecule has 0 spiro atoms. The Bertz CT molecular complexity index is 437. The molecule has 2 N–H and O–H groups in total. The summed E-state index contributed by atoms with van der Waals surface area (Å²) in [4.78, 5) is 19.2. The number of rotatable bonds is 6. The van der Waals surface area contributed by atoms with Gasteiger partial charge in [-0.1, -0.05) is 11.6 Å². The van der Waals surface area contributed by atoms with Crippen LogP contribution in [0.15, 0.2) is 6.33 Å². The number of ether oxygens (including phenoxy) is 1. The molecule has 0 atom stereocenters. The van der Waals surface area contributed by atoms with Gasteiger partial charge >= 0.3 is 0 Å². The summed E-state index contributed by atoms with van der Waals surface area (Å²) in [6.07, 6.45) is 3.37. The van der Waals surface area contributed by atoms with Crippen LogP contribution < -0.4 is 15.4 Å². The van der Waals surface area contributed by atoms with E-state index in [9.17, 15) is 4.79 Å². The maximum Gasteiger partial charge on any atom is 0.223 e. The summed E-state index contributed by atoms with van der Waals surface area (Å²) in [6, 6.07) is 0. The van der Waals surface area contributed by atoms with Gasteiger partial charge in [0, 0.05) is 19.0 Å². The van der Waals surface area contributed by atoms with Crippen molar-refractivity contribution in [3.05, 3.63) is 11.5 Å². The van der Waals surface area contributed by atoms with Crippen LogP contribution in [-0.2, 0) is 4.79 Å². The van der Waals surface area contributed by atoms with Gasteiger partial charge in [0.15, 0.2) is 16.7 Å². The number of halogens is 1. The van der Waals surface area contributed by atoms with Gasteiger partial charge in [-0.15, -0.1) is 0 Å². The highest BCUT2D eigenvalue weighted by molar-refractivity contribution is 6.31. The number of anilines is 1.